The third-order valence-corrected chi connectivity index (χ3v) is 5.33. The molecule has 2 aromatic rings. The molecule has 1 saturated heterocycles. The van der Waals surface area contributed by atoms with Crippen molar-refractivity contribution in [2.75, 3.05) is 38.7 Å². The summed E-state index contributed by atoms with van der Waals surface area (Å²) in [5.41, 5.74) is 1.31. The van der Waals surface area contributed by atoms with Crippen LogP contribution in [-0.2, 0) is 9.53 Å². The molecule has 176 valence electrons. The van der Waals surface area contributed by atoms with Crippen molar-refractivity contribution in [1.82, 2.24) is 9.88 Å². The number of hydrogen-bond donors (Lipinski definition) is 1. The Morgan fingerprint density at radius 2 is 1.97 bits per heavy atom. The minimum Gasteiger partial charge on any atom is -0.486 e. The fraction of sp³-hybridized carbons (Fsp3) is 0.458. The normalized spacial score (nSPS) is 17.5. The van der Waals surface area contributed by atoms with Gasteiger partial charge in [0.15, 0.2) is 11.5 Å². The Morgan fingerprint density at radius 1 is 1.18 bits per heavy atom. The van der Waals surface area contributed by atoms with E-state index in [2.05, 4.69) is 10.3 Å². The lowest BCUT2D eigenvalue weighted by molar-refractivity contribution is -0.119. The van der Waals surface area contributed by atoms with Gasteiger partial charge in [-0.3, -0.25) is 4.79 Å². The van der Waals surface area contributed by atoms with Crippen LogP contribution in [0.4, 0.5) is 10.5 Å². The second kappa shape index (κ2) is 9.17. The van der Waals surface area contributed by atoms with Crippen LogP contribution in [0.3, 0.4) is 0 Å². The molecule has 0 bridgehead atoms. The van der Waals surface area contributed by atoms with Crippen LogP contribution in [0.15, 0.2) is 30.3 Å². The number of nitrogens with zero attached hydrogens (tertiary/aromatic N) is 2. The van der Waals surface area contributed by atoms with Gasteiger partial charge in [0, 0.05) is 30.4 Å². The molecule has 0 aliphatic carbocycles. The zero-order valence-corrected chi connectivity index (χ0v) is 19.3. The number of likely N-dealkylation sites (tertiary alicyclic amines) is 1. The van der Waals surface area contributed by atoms with Crippen LogP contribution in [-0.4, -0.2) is 60.9 Å². The van der Waals surface area contributed by atoms with Crippen molar-refractivity contribution in [3.8, 4) is 28.6 Å². The van der Waals surface area contributed by atoms with Gasteiger partial charge in [-0.1, -0.05) is 6.07 Å². The predicted octanol–water partition coefficient (Wildman–Crippen LogP) is 3.72. The Kier molecular flexibility index (Phi) is 6.31. The Bertz CT molecular complexity index is 1050. The Hall–Kier alpha value is -3.49. The fourth-order valence-electron chi connectivity index (χ4n) is 3.81. The summed E-state index contributed by atoms with van der Waals surface area (Å²) in [6, 6.07) is 9.03. The first-order valence-corrected chi connectivity index (χ1v) is 11.0. The van der Waals surface area contributed by atoms with E-state index in [1.807, 2.05) is 39.0 Å². The molecule has 9 nitrogen and oxygen atoms in total. The van der Waals surface area contributed by atoms with E-state index in [0.29, 0.717) is 61.5 Å². The Balaban J connectivity index is 1.50. The van der Waals surface area contributed by atoms with Gasteiger partial charge in [0.25, 0.3) is 0 Å². The van der Waals surface area contributed by atoms with E-state index in [9.17, 15) is 9.59 Å². The van der Waals surface area contributed by atoms with Gasteiger partial charge in [0.05, 0.1) is 18.7 Å². The molecule has 2 aliphatic rings. The number of aromatic nitrogens is 1. The predicted molar refractivity (Wildman–Crippen MR) is 122 cm³/mol. The summed E-state index contributed by atoms with van der Waals surface area (Å²) in [5.74, 6) is 1.13. The second-order valence-corrected chi connectivity index (χ2v) is 9.01. The minimum atomic E-state index is -0.577. The molecule has 3 heterocycles. The van der Waals surface area contributed by atoms with Crippen LogP contribution in [0.25, 0.3) is 11.3 Å². The first kappa shape index (κ1) is 22.7. The number of amides is 2. The van der Waals surface area contributed by atoms with Crippen LogP contribution in [0.2, 0.25) is 0 Å². The molecule has 1 fully saturated rings. The summed E-state index contributed by atoms with van der Waals surface area (Å²) in [6.07, 6.45) is 0.166. The lowest BCUT2D eigenvalue weighted by Crippen LogP contribution is -2.36. The molecule has 33 heavy (non-hydrogen) atoms. The smallest absolute Gasteiger partial charge is 0.410 e. The van der Waals surface area contributed by atoms with Crippen LogP contribution >= 0.6 is 0 Å². The lowest BCUT2D eigenvalue weighted by Gasteiger charge is -2.24. The molecule has 0 saturated carbocycles. The third-order valence-electron chi connectivity index (χ3n) is 5.33. The molecule has 0 spiro atoms. The molecule has 1 aromatic heterocycles. The molecule has 1 N–H and O–H groups in total. The zero-order valence-electron chi connectivity index (χ0n) is 19.3. The van der Waals surface area contributed by atoms with Gasteiger partial charge in [-0.15, -0.1) is 0 Å². The monoisotopic (exact) mass is 455 g/mol. The maximum Gasteiger partial charge on any atom is 0.410 e. The Morgan fingerprint density at radius 3 is 2.73 bits per heavy atom. The van der Waals surface area contributed by atoms with Gasteiger partial charge in [-0.2, -0.15) is 0 Å². The number of benzene rings is 1. The molecule has 1 atom stereocenters. The zero-order chi connectivity index (χ0) is 23.6. The number of fused-ring (bicyclic) bond motifs is 1. The number of pyridine rings is 1. The van der Waals surface area contributed by atoms with Crippen LogP contribution < -0.4 is 19.5 Å². The van der Waals surface area contributed by atoms with E-state index in [0.717, 1.165) is 5.56 Å². The molecular formula is C24H29N3O6. The number of para-hydroxylation sites is 1. The molecule has 2 aliphatic heterocycles. The summed E-state index contributed by atoms with van der Waals surface area (Å²) in [6.45, 7) is 7.19. The summed E-state index contributed by atoms with van der Waals surface area (Å²) < 4.78 is 22.3. The van der Waals surface area contributed by atoms with E-state index in [1.165, 1.54) is 7.11 Å². The highest BCUT2D eigenvalue weighted by Gasteiger charge is 2.33. The maximum absolute atomic E-state index is 13.0. The highest BCUT2D eigenvalue weighted by Crippen LogP contribution is 2.40. The van der Waals surface area contributed by atoms with Crippen molar-refractivity contribution in [2.24, 2.45) is 5.92 Å². The topological polar surface area (TPSA) is 99.2 Å². The van der Waals surface area contributed by atoms with Gasteiger partial charge in [0.2, 0.25) is 11.8 Å². The average Bonchev–Trinajstić information content (AvgIpc) is 3.28. The number of methoxy groups -OCH3 is 1. The van der Waals surface area contributed by atoms with Crippen LogP contribution in [0.5, 0.6) is 17.4 Å². The van der Waals surface area contributed by atoms with Crippen molar-refractivity contribution in [1.29, 1.82) is 0 Å². The van der Waals surface area contributed by atoms with Gasteiger partial charge in [-0.05, 0) is 45.4 Å². The summed E-state index contributed by atoms with van der Waals surface area (Å²) in [4.78, 5) is 31.4. The first-order chi connectivity index (χ1) is 15.7. The number of carbonyl (C=O) groups excluding carboxylic acids is 2. The maximum atomic E-state index is 13.0. The van der Waals surface area contributed by atoms with Crippen molar-refractivity contribution >= 4 is 17.7 Å². The average molecular weight is 456 g/mol. The summed E-state index contributed by atoms with van der Waals surface area (Å²) in [5, 5.41) is 2.95. The van der Waals surface area contributed by atoms with Gasteiger partial charge < -0.3 is 29.2 Å². The SMILES string of the molecule is COc1cc(NC(=O)[C@@H]2CCN(C(=O)OC(C)(C)C)C2)cc(-c2cccc3c2OCCO3)n1. The van der Waals surface area contributed by atoms with Crippen molar-refractivity contribution in [2.45, 2.75) is 32.8 Å². The quantitative estimate of drug-likeness (QED) is 0.750. The van der Waals surface area contributed by atoms with Crippen LogP contribution in [0, 0.1) is 5.92 Å². The number of hydrogen-bond acceptors (Lipinski definition) is 7. The highest BCUT2D eigenvalue weighted by molar-refractivity contribution is 5.94. The second-order valence-electron chi connectivity index (χ2n) is 9.01. The number of nitrogens with one attached hydrogen (secondary N) is 1. The molecule has 4 rings (SSSR count). The van der Waals surface area contributed by atoms with Crippen molar-refractivity contribution in [3.05, 3.63) is 30.3 Å². The largest absolute Gasteiger partial charge is 0.486 e. The van der Waals surface area contributed by atoms with Crippen LogP contribution in [0.1, 0.15) is 27.2 Å². The van der Waals surface area contributed by atoms with Gasteiger partial charge in [0.1, 0.15) is 18.8 Å². The third kappa shape index (κ3) is 5.30. The number of carbonyl (C=O) groups is 2. The molecule has 0 radical (unpaired) electrons. The number of rotatable bonds is 4. The first-order valence-electron chi connectivity index (χ1n) is 11.0. The fourth-order valence-corrected chi connectivity index (χ4v) is 3.81. The molecule has 2 amide bonds. The van der Waals surface area contributed by atoms with E-state index in [4.69, 9.17) is 18.9 Å². The standard InChI is InChI=1S/C24H29N3O6/c1-24(2,3)33-23(29)27-9-8-15(14-27)22(28)25-16-12-18(26-20(13-16)30-4)17-6-5-7-19-21(17)32-11-10-31-19/h5-7,12-13,15H,8-11,14H2,1-4H3,(H,25,26,28)/t15-/m1/s1. The number of ether oxygens (including phenoxy) is 4. The van der Waals surface area contributed by atoms with Gasteiger partial charge in [-0.25, -0.2) is 9.78 Å². The van der Waals surface area contributed by atoms with E-state index >= 15 is 0 Å². The Labute approximate surface area is 193 Å². The van der Waals surface area contributed by atoms with Crippen molar-refractivity contribution in [3.63, 3.8) is 0 Å². The summed E-state index contributed by atoms with van der Waals surface area (Å²) in [7, 11) is 1.52. The van der Waals surface area contributed by atoms with E-state index in [-0.39, 0.29) is 11.8 Å². The van der Waals surface area contributed by atoms with E-state index in [1.54, 1.807) is 17.0 Å². The molecular weight excluding hydrogens is 426 g/mol. The van der Waals surface area contributed by atoms with Crippen molar-refractivity contribution < 1.29 is 28.5 Å². The number of anilines is 1. The van der Waals surface area contributed by atoms with Gasteiger partial charge >= 0.3 is 6.09 Å². The molecule has 1 aromatic carbocycles. The lowest BCUT2D eigenvalue weighted by atomic mass is 10.1. The van der Waals surface area contributed by atoms with E-state index < -0.39 is 11.7 Å². The minimum absolute atomic E-state index is 0.171. The molecule has 0 unspecified atom stereocenters. The summed E-state index contributed by atoms with van der Waals surface area (Å²) >= 11 is 0. The molecule has 9 heteroatoms. The highest BCUT2D eigenvalue weighted by atomic mass is 16.6.